The monoisotopic (exact) mass is 298 g/mol. The molecule has 1 aromatic carbocycles. The smallest absolute Gasteiger partial charge is 0.238 e. The largest absolute Gasteiger partial charge is 0.496 e. The Morgan fingerprint density at radius 3 is 2.68 bits per heavy atom. The van der Waals surface area contributed by atoms with Gasteiger partial charge in [-0.2, -0.15) is 5.26 Å². The van der Waals surface area contributed by atoms with E-state index >= 15 is 0 Å². The zero-order valence-electron chi connectivity index (χ0n) is 12.2. The van der Waals surface area contributed by atoms with Crippen LogP contribution in [0.2, 0.25) is 0 Å². The molecule has 0 saturated heterocycles. The molecule has 0 fully saturated rings. The molecule has 0 saturated carbocycles. The molecule has 2 aromatic rings. The molecular weight excluding hydrogens is 284 g/mol. The molecular formula is C16H14N2O4. The van der Waals surface area contributed by atoms with Crippen molar-refractivity contribution in [2.45, 2.75) is 13.3 Å². The average molecular weight is 298 g/mol. The number of benzene rings is 1. The van der Waals surface area contributed by atoms with Crippen molar-refractivity contribution in [2.24, 2.45) is 0 Å². The van der Waals surface area contributed by atoms with Crippen LogP contribution in [0.4, 0.5) is 5.69 Å². The van der Waals surface area contributed by atoms with Gasteiger partial charge in [0.1, 0.15) is 17.9 Å². The maximum atomic E-state index is 11.4. The van der Waals surface area contributed by atoms with Crippen molar-refractivity contribution in [2.75, 3.05) is 12.4 Å². The van der Waals surface area contributed by atoms with Crippen LogP contribution in [0.5, 0.6) is 5.75 Å². The number of furan rings is 1. The van der Waals surface area contributed by atoms with Crippen LogP contribution in [0.3, 0.4) is 0 Å². The van der Waals surface area contributed by atoms with Crippen molar-refractivity contribution in [3.63, 3.8) is 0 Å². The van der Waals surface area contributed by atoms with Gasteiger partial charge in [0.05, 0.1) is 18.7 Å². The Labute approximate surface area is 127 Å². The third kappa shape index (κ3) is 3.33. The highest BCUT2D eigenvalue weighted by atomic mass is 16.5. The number of ketones is 1. The number of hydrogen-bond acceptors (Lipinski definition) is 5. The normalized spacial score (nSPS) is 9.86. The van der Waals surface area contributed by atoms with Crippen LogP contribution in [0.25, 0.3) is 11.3 Å². The Bertz CT molecular complexity index is 756. The second kappa shape index (κ2) is 6.59. The van der Waals surface area contributed by atoms with Gasteiger partial charge in [0.25, 0.3) is 0 Å². The number of methoxy groups -OCH3 is 1. The molecule has 0 radical (unpaired) electrons. The summed E-state index contributed by atoms with van der Waals surface area (Å²) in [4.78, 5) is 22.7. The van der Waals surface area contributed by atoms with Gasteiger partial charge in [-0.25, -0.2) is 0 Å². The summed E-state index contributed by atoms with van der Waals surface area (Å²) in [5.74, 6) is 0.694. The molecule has 6 nitrogen and oxygen atoms in total. The Hall–Kier alpha value is -3.07. The van der Waals surface area contributed by atoms with Crippen molar-refractivity contribution in [1.29, 1.82) is 5.26 Å². The minimum absolute atomic E-state index is 0.161. The summed E-state index contributed by atoms with van der Waals surface area (Å²) < 4.78 is 10.8. The van der Waals surface area contributed by atoms with Gasteiger partial charge in [-0.15, -0.1) is 0 Å². The highest BCUT2D eigenvalue weighted by Gasteiger charge is 2.13. The predicted octanol–water partition coefficient (Wildman–Crippen LogP) is 3.01. The number of ether oxygens (including phenoxy) is 1. The van der Waals surface area contributed by atoms with Crippen molar-refractivity contribution >= 4 is 17.4 Å². The van der Waals surface area contributed by atoms with Gasteiger partial charge < -0.3 is 14.5 Å². The van der Waals surface area contributed by atoms with Gasteiger partial charge >= 0.3 is 0 Å². The number of nitrogens with zero attached hydrogens (tertiary/aromatic N) is 1. The van der Waals surface area contributed by atoms with E-state index in [1.807, 2.05) is 0 Å². The van der Waals surface area contributed by atoms with E-state index in [0.717, 1.165) is 0 Å². The number of amides is 1. The minimum atomic E-state index is -0.394. The molecule has 0 aliphatic carbocycles. The second-order valence-electron chi connectivity index (χ2n) is 4.52. The molecule has 1 N–H and O–H groups in total. The van der Waals surface area contributed by atoms with Crippen LogP contribution in [0, 0.1) is 11.3 Å². The third-order valence-corrected chi connectivity index (χ3v) is 2.94. The van der Waals surface area contributed by atoms with Crippen LogP contribution >= 0.6 is 0 Å². The van der Waals surface area contributed by atoms with Crippen molar-refractivity contribution in [3.05, 3.63) is 36.1 Å². The highest BCUT2D eigenvalue weighted by molar-refractivity contribution is 5.93. The molecule has 2 rings (SSSR count). The first-order chi connectivity index (χ1) is 10.5. The van der Waals surface area contributed by atoms with Gasteiger partial charge in [0, 0.05) is 18.7 Å². The highest BCUT2D eigenvalue weighted by Crippen LogP contribution is 2.33. The first-order valence-corrected chi connectivity index (χ1v) is 6.51. The van der Waals surface area contributed by atoms with Gasteiger partial charge in [0.15, 0.2) is 11.5 Å². The lowest BCUT2D eigenvalue weighted by atomic mass is 10.1. The fraction of sp³-hybridized carbons (Fsp3) is 0.188. The molecule has 112 valence electrons. The Kier molecular flexibility index (Phi) is 4.59. The predicted molar refractivity (Wildman–Crippen MR) is 79.6 cm³/mol. The first kappa shape index (κ1) is 15.3. The zero-order valence-corrected chi connectivity index (χ0v) is 12.2. The lowest BCUT2D eigenvalue weighted by molar-refractivity contribution is -0.115. The number of anilines is 1. The van der Waals surface area contributed by atoms with E-state index < -0.39 is 5.91 Å². The number of Topliss-reactive ketones (excluding diaryl/α,β-unsaturated/α-hetero) is 1. The SMILES string of the molecule is COc1cc(NC(=O)CC#N)ccc1-c1ccc(C(C)=O)o1. The molecule has 0 spiro atoms. The summed E-state index contributed by atoms with van der Waals surface area (Å²) in [6.45, 7) is 1.42. The van der Waals surface area contributed by atoms with Crippen molar-refractivity contribution < 1.29 is 18.7 Å². The van der Waals surface area contributed by atoms with Gasteiger partial charge in [0.2, 0.25) is 5.91 Å². The summed E-state index contributed by atoms with van der Waals surface area (Å²) in [6, 6.07) is 10.1. The van der Waals surface area contributed by atoms with Crippen molar-refractivity contribution in [3.8, 4) is 23.1 Å². The fourth-order valence-electron chi connectivity index (χ4n) is 1.92. The summed E-state index contributed by atoms with van der Waals surface area (Å²) >= 11 is 0. The van der Waals surface area contributed by atoms with Gasteiger partial charge in [-0.1, -0.05) is 0 Å². The van der Waals surface area contributed by atoms with E-state index in [9.17, 15) is 9.59 Å². The molecule has 0 atom stereocenters. The number of rotatable bonds is 5. The van der Waals surface area contributed by atoms with E-state index in [4.69, 9.17) is 14.4 Å². The molecule has 1 heterocycles. The average Bonchev–Trinajstić information content (AvgIpc) is 2.97. The number of nitriles is 1. The number of hydrogen-bond donors (Lipinski definition) is 1. The summed E-state index contributed by atoms with van der Waals surface area (Å²) in [5, 5.41) is 11.1. The number of nitrogens with one attached hydrogen (secondary N) is 1. The minimum Gasteiger partial charge on any atom is -0.496 e. The van der Waals surface area contributed by atoms with Gasteiger partial charge in [-0.3, -0.25) is 9.59 Å². The number of carbonyl (C=O) groups is 2. The Morgan fingerprint density at radius 2 is 2.09 bits per heavy atom. The number of carbonyl (C=O) groups excluding carboxylic acids is 2. The third-order valence-electron chi connectivity index (χ3n) is 2.94. The Morgan fingerprint density at radius 1 is 1.32 bits per heavy atom. The van der Waals surface area contributed by atoms with Crippen LogP contribution in [-0.2, 0) is 4.79 Å². The van der Waals surface area contributed by atoms with Crippen LogP contribution in [0.15, 0.2) is 34.7 Å². The molecule has 0 aliphatic rings. The maximum Gasteiger partial charge on any atom is 0.238 e. The van der Waals surface area contributed by atoms with E-state index in [1.165, 1.54) is 14.0 Å². The van der Waals surface area contributed by atoms with Crippen molar-refractivity contribution in [1.82, 2.24) is 0 Å². The second-order valence-corrected chi connectivity index (χ2v) is 4.52. The summed E-state index contributed by atoms with van der Waals surface area (Å²) in [7, 11) is 1.49. The molecule has 1 aromatic heterocycles. The molecule has 1 amide bonds. The van der Waals surface area contributed by atoms with Crippen LogP contribution < -0.4 is 10.1 Å². The van der Waals surface area contributed by atoms with E-state index in [0.29, 0.717) is 22.8 Å². The molecule has 0 bridgehead atoms. The molecule has 0 aliphatic heterocycles. The fourth-order valence-corrected chi connectivity index (χ4v) is 1.92. The topological polar surface area (TPSA) is 92.3 Å². The van der Waals surface area contributed by atoms with Crippen LogP contribution in [0.1, 0.15) is 23.9 Å². The van der Waals surface area contributed by atoms with E-state index in [-0.39, 0.29) is 18.0 Å². The maximum absolute atomic E-state index is 11.4. The molecule has 22 heavy (non-hydrogen) atoms. The zero-order chi connectivity index (χ0) is 16.1. The standard InChI is InChI=1S/C16H14N2O4/c1-10(19)13-5-6-14(22-13)12-4-3-11(9-15(12)21-2)18-16(20)7-8-17/h3-6,9H,7H2,1-2H3,(H,18,20). The lowest BCUT2D eigenvalue weighted by Gasteiger charge is -2.09. The first-order valence-electron chi connectivity index (χ1n) is 6.51. The lowest BCUT2D eigenvalue weighted by Crippen LogP contribution is -2.10. The Balaban J connectivity index is 2.31. The van der Waals surface area contributed by atoms with E-state index in [2.05, 4.69) is 5.32 Å². The molecule has 0 unspecified atom stereocenters. The quantitative estimate of drug-likeness (QED) is 0.856. The summed E-state index contributed by atoms with van der Waals surface area (Å²) in [5.41, 5.74) is 1.17. The van der Waals surface area contributed by atoms with Gasteiger partial charge in [-0.05, 0) is 24.3 Å². The van der Waals surface area contributed by atoms with E-state index in [1.54, 1.807) is 36.4 Å². The summed E-state index contributed by atoms with van der Waals surface area (Å²) in [6.07, 6.45) is -0.218. The molecule has 6 heteroatoms. The van der Waals surface area contributed by atoms with Crippen LogP contribution in [-0.4, -0.2) is 18.8 Å².